The fraction of sp³-hybridized carbons (Fsp3) is 0.250. The molecule has 0 radical (unpaired) electrons. The topological polar surface area (TPSA) is 96.7 Å². The molecule has 0 aliphatic heterocycles. The van der Waals surface area contributed by atoms with Crippen LogP contribution in [0.5, 0.6) is 0 Å². The van der Waals surface area contributed by atoms with Crippen LogP contribution in [0.1, 0.15) is 12.5 Å². The van der Waals surface area contributed by atoms with Gasteiger partial charge in [0.05, 0.1) is 5.25 Å². The highest BCUT2D eigenvalue weighted by Crippen LogP contribution is 2.21. The number of H-pyrrole nitrogens is 1. The number of aromatic amines is 1. The number of carbonyl (C=O) groups is 1. The van der Waals surface area contributed by atoms with Gasteiger partial charge in [-0.2, -0.15) is 4.98 Å². The Hall–Kier alpha value is -2.09. The Bertz CT molecular complexity index is 630. The van der Waals surface area contributed by atoms with E-state index in [1.165, 1.54) is 6.07 Å². The molecule has 0 fully saturated rings. The van der Waals surface area contributed by atoms with Crippen LogP contribution in [0.15, 0.2) is 23.4 Å². The van der Waals surface area contributed by atoms with Gasteiger partial charge < -0.3 is 11.1 Å². The number of aromatic nitrogens is 3. The van der Waals surface area contributed by atoms with Crippen molar-refractivity contribution in [3.05, 3.63) is 29.6 Å². The van der Waals surface area contributed by atoms with Gasteiger partial charge in [0.25, 0.3) is 0 Å². The Morgan fingerprint density at radius 2 is 2.30 bits per heavy atom. The Balaban J connectivity index is 1.98. The number of anilines is 2. The first-order chi connectivity index (χ1) is 9.45. The smallest absolute Gasteiger partial charge is 0.237 e. The van der Waals surface area contributed by atoms with Crippen molar-refractivity contribution >= 4 is 29.3 Å². The molecule has 1 atom stereocenters. The predicted octanol–water partition coefficient (Wildman–Crippen LogP) is 1.95. The van der Waals surface area contributed by atoms with E-state index in [4.69, 9.17) is 5.73 Å². The second kappa shape index (κ2) is 5.91. The van der Waals surface area contributed by atoms with E-state index in [9.17, 15) is 9.18 Å². The standard InChI is InChI=1S/C12H14FN5OS/c1-6-3-4-8(5-9(6)13)15-10(19)7(2)20-12-16-11(14)17-18-12/h3-5,7H,1-2H3,(H,15,19)(H3,14,16,17,18)/t7-/m0/s1. The lowest BCUT2D eigenvalue weighted by Gasteiger charge is -2.10. The van der Waals surface area contributed by atoms with Gasteiger partial charge in [-0.25, -0.2) is 9.49 Å². The number of carbonyl (C=O) groups excluding carboxylic acids is 1. The van der Waals surface area contributed by atoms with Crippen LogP contribution in [0.4, 0.5) is 16.0 Å². The van der Waals surface area contributed by atoms with E-state index in [0.29, 0.717) is 16.4 Å². The minimum atomic E-state index is -0.436. The first-order valence-corrected chi connectivity index (χ1v) is 6.75. The summed E-state index contributed by atoms with van der Waals surface area (Å²) < 4.78 is 13.4. The van der Waals surface area contributed by atoms with Crippen molar-refractivity contribution in [2.24, 2.45) is 0 Å². The number of nitrogens with zero attached hydrogens (tertiary/aromatic N) is 2. The summed E-state index contributed by atoms with van der Waals surface area (Å²) in [4.78, 5) is 15.9. The van der Waals surface area contributed by atoms with Crippen LogP contribution < -0.4 is 11.1 Å². The first-order valence-electron chi connectivity index (χ1n) is 5.87. The largest absolute Gasteiger partial charge is 0.368 e. The van der Waals surface area contributed by atoms with Crippen LogP contribution in [0.3, 0.4) is 0 Å². The minimum Gasteiger partial charge on any atom is -0.368 e. The van der Waals surface area contributed by atoms with E-state index in [-0.39, 0.29) is 17.7 Å². The lowest BCUT2D eigenvalue weighted by molar-refractivity contribution is -0.115. The van der Waals surface area contributed by atoms with Crippen molar-refractivity contribution in [2.75, 3.05) is 11.1 Å². The van der Waals surface area contributed by atoms with E-state index in [2.05, 4.69) is 20.5 Å². The maximum absolute atomic E-state index is 13.4. The Labute approximate surface area is 119 Å². The molecule has 0 aliphatic carbocycles. The molecule has 0 spiro atoms. The van der Waals surface area contributed by atoms with E-state index >= 15 is 0 Å². The molecule has 6 nitrogen and oxygen atoms in total. The molecule has 1 aromatic carbocycles. The van der Waals surface area contributed by atoms with Crippen LogP contribution in [0, 0.1) is 12.7 Å². The number of amides is 1. The van der Waals surface area contributed by atoms with Crippen LogP contribution >= 0.6 is 11.8 Å². The highest BCUT2D eigenvalue weighted by Gasteiger charge is 2.17. The normalized spacial score (nSPS) is 12.2. The maximum Gasteiger partial charge on any atom is 0.237 e. The highest BCUT2D eigenvalue weighted by atomic mass is 32.2. The van der Waals surface area contributed by atoms with Crippen LogP contribution in [0.2, 0.25) is 0 Å². The number of hydrogen-bond donors (Lipinski definition) is 3. The summed E-state index contributed by atoms with van der Waals surface area (Å²) in [5.41, 5.74) is 6.35. The van der Waals surface area contributed by atoms with Crippen molar-refractivity contribution < 1.29 is 9.18 Å². The fourth-order valence-electron chi connectivity index (χ4n) is 1.44. The molecule has 8 heteroatoms. The number of benzene rings is 1. The number of thioether (sulfide) groups is 1. The predicted molar refractivity (Wildman–Crippen MR) is 75.9 cm³/mol. The molecule has 20 heavy (non-hydrogen) atoms. The zero-order valence-corrected chi connectivity index (χ0v) is 11.8. The summed E-state index contributed by atoms with van der Waals surface area (Å²) in [6, 6.07) is 4.55. The second-order valence-electron chi connectivity index (χ2n) is 4.22. The van der Waals surface area contributed by atoms with Gasteiger partial charge in [0.15, 0.2) is 0 Å². The van der Waals surface area contributed by atoms with Crippen molar-refractivity contribution in [1.29, 1.82) is 0 Å². The molecular formula is C12H14FN5OS. The lowest BCUT2D eigenvalue weighted by atomic mass is 10.2. The van der Waals surface area contributed by atoms with E-state index in [1.807, 2.05) is 0 Å². The quantitative estimate of drug-likeness (QED) is 0.749. The molecule has 0 unspecified atom stereocenters. The molecule has 1 aromatic heterocycles. The first kappa shape index (κ1) is 14.3. The van der Waals surface area contributed by atoms with Gasteiger partial charge in [-0.05, 0) is 31.5 Å². The third kappa shape index (κ3) is 3.47. The van der Waals surface area contributed by atoms with Gasteiger partial charge in [0, 0.05) is 5.69 Å². The fourth-order valence-corrected chi connectivity index (χ4v) is 2.17. The maximum atomic E-state index is 13.4. The number of hydrogen-bond acceptors (Lipinski definition) is 5. The van der Waals surface area contributed by atoms with Gasteiger partial charge >= 0.3 is 0 Å². The number of nitrogen functional groups attached to an aromatic ring is 1. The molecule has 2 rings (SSSR count). The molecular weight excluding hydrogens is 281 g/mol. The summed E-state index contributed by atoms with van der Waals surface area (Å²) in [6.45, 7) is 3.37. The number of halogens is 1. The monoisotopic (exact) mass is 295 g/mol. The summed E-state index contributed by atoms with van der Waals surface area (Å²) in [7, 11) is 0. The number of nitrogens with two attached hydrogens (primary N) is 1. The highest BCUT2D eigenvalue weighted by molar-refractivity contribution is 8.00. The zero-order chi connectivity index (χ0) is 14.7. The third-order valence-corrected chi connectivity index (χ3v) is 3.53. The molecule has 0 saturated carbocycles. The van der Waals surface area contributed by atoms with Gasteiger partial charge in [0.1, 0.15) is 5.82 Å². The molecule has 2 aromatic rings. The molecule has 1 heterocycles. The van der Waals surface area contributed by atoms with Crippen molar-refractivity contribution in [3.63, 3.8) is 0 Å². The minimum absolute atomic E-state index is 0.195. The third-order valence-electron chi connectivity index (χ3n) is 2.57. The Morgan fingerprint density at radius 1 is 1.55 bits per heavy atom. The van der Waals surface area contributed by atoms with E-state index in [1.54, 1.807) is 26.0 Å². The summed E-state index contributed by atoms with van der Waals surface area (Å²) in [6.07, 6.45) is 0. The van der Waals surface area contributed by atoms with Crippen LogP contribution in [0.25, 0.3) is 0 Å². The van der Waals surface area contributed by atoms with E-state index in [0.717, 1.165) is 11.8 Å². The van der Waals surface area contributed by atoms with E-state index < -0.39 is 5.25 Å². The number of rotatable bonds is 4. The van der Waals surface area contributed by atoms with Gasteiger partial charge in [-0.1, -0.05) is 17.8 Å². The van der Waals surface area contributed by atoms with Crippen molar-refractivity contribution in [3.8, 4) is 0 Å². The molecule has 4 N–H and O–H groups in total. The molecule has 1 amide bonds. The van der Waals surface area contributed by atoms with Crippen LogP contribution in [-0.4, -0.2) is 26.3 Å². The summed E-state index contributed by atoms with van der Waals surface area (Å²) >= 11 is 1.16. The Kier molecular flexibility index (Phi) is 4.23. The summed E-state index contributed by atoms with van der Waals surface area (Å²) in [5, 5.41) is 8.92. The summed E-state index contributed by atoms with van der Waals surface area (Å²) in [5.74, 6) is -0.424. The SMILES string of the molecule is Cc1ccc(NC(=O)[C@H](C)Sc2n[nH]c(N)n2)cc1F. The molecule has 0 aliphatic rings. The molecule has 106 valence electrons. The number of aryl methyl sites for hydroxylation is 1. The lowest BCUT2D eigenvalue weighted by Crippen LogP contribution is -2.22. The average molecular weight is 295 g/mol. The van der Waals surface area contributed by atoms with Gasteiger partial charge in [-0.3, -0.25) is 4.79 Å². The van der Waals surface area contributed by atoms with Gasteiger partial charge in [0.2, 0.25) is 17.0 Å². The van der Waals surface area contributed by atoms with Crippen molar-refractivity contribution in [1.82, 2.24) is 15.2 Å². The second-order valence-corrected chi connectivity index (χ2v) is 5.52. The number of nitrogens with one attached hydrogen (secondary N) is 2. The molecule has 0 bridgehead atoms. The van der Waals surface area contributed by atoms with Gasteiger partial charge in [-0.15, -0.1) is 5.10 Å². The average Bonchev–Trinajstić information content (AvgIpc) is 2.79. The van der Waals surface area contributed by atoms with Crippen molar-refractivity contribution in [2.45, 2.75) is 24.3 Å². The Morgan fingerprint density at radius 3 is 2.90 bits per heavy atom. The zero-order valence-electron chi connectivity index (χ0n) is 11.0. The molecule has 0 saturated heterocycles. The van der Waals surface area contributed by atoms with Crippen LogP contribution in [-0.2, 0) is 4.79 Å².